The standard InChI is InChI=1S/C10H12N5O6P.Na.H2O/c11-8-5-9(13-2-12-8)15(3-14-5)10-7-6(4(1-16)19-10)20-22(17,18)21-7;;/h2-4,6-7,10,16H,1H2,(H,17,18)(H2,11,12,13);;1H2/q;+1;/p-1/t4-,6-,7-,10-;;/m1../s1. The molecule has 5 N–H and O–H groups in total. The van der Waals surface area contributed by atoms with E-state index in [-0.39, 0.29) is 40.9 Å². The van der Waals surface area contributed by atoms with Gasteiger partial charge in [-0.2, -0.15) is 0 Å². The topological polar surface area (TPSA) is 189 Å². The first kappa shape index (κ1) is 19.7. The maximum atomic E-state index is 11.5. The van der Waals surface area contributed by atoms with Crippen molar-refractivity contribution in [3.63, 3.8) is 0 Å². The zero-order valence-corrected chi connectivity index (χ0v) is 15.4. The van der Waals surface area contributed by atoms with Crippen molar-refractivity contribution < 1.29 is 63.4 Å². The second-order valence-electron chi connectivity index (χ2n) is 4.92. The number of phosphoric ester groups is 1. The van der Waals surface area contributed by atoms with Crippen LogP contribution in [0, 0.1) is 0 Å². The first-order chi connectivity index (χ1) is 10.5. The molecule has 2 aromatic heterocycles. The first-order valence-corrected chi connectivity index (χ1v) is 7.83. The fourth-order valence-corrected chi connectivity index (χ4v) is 3.82. The molecule has 4 heterocycles. The van der Waals surface area contributed by atoms with Gasteiger partial charge >= 0.3 is 29.6 Å². The molecule has 24 heavy (non-hydrogen) atoms. The van der Waals surface area contributed by atoms with Crippen molar-refractivity contribution in [1.82, 2.24) is 19.5 Å². The average molecular weight is 369 g/mol. The van der Waals surface area contributed by atoms with Crippen LogP contribution in [-0.2, 0) is 18.3 Å². The zero-order valence-electron chi connectivity index (χ0n) is 12.5. The molecule has 126 valence electrons. The first-order valence-electron chi connectivity index (χ1n) is 6.37. The molecule has 5 atom stereocenters. The Kier molecular flexibility index (Phi) is 5.67. The predicted octanol–water partition coefficient (Wildman–Crippen LogP) is -5.27. The van der Waals surface area contributed by atoms with Crippen LogP contribution in [0.3, 0.4) is 0 Å². The maximum Gasteiger partial charge on any atom is 1.00 e. The van der Waals surface area contributed by atoms with Crippen LogP contribution in [0.15, 0.2) is 12.7 Å². The van der Waals surface area contributed by atoms with Crippen molar-refractivity contribution in [2.45, 2.75) is 24.5 Å². The molecule has 4 rings (SSSR count). The number of ether oxygens (including phenoxy) is 1. The minimum Gasteiger partial charge on any atom is -0.756 e. The van der Waals surface area contributed by atoms with E-state index < -0.39 is 39.0 Å². The average Bonchev–Trinajstić information content (AvgIpc) is 3.10. The summed E-state index contributed by atoms with van der Waals surface area (Å²) in [6.07, 6.45) is -0.906. The third-order valence-electron chi connectivity index (χ3n) is 3.63. The Bertz CT molecular complexity index is 790. The number of fused-ring (bicyclic) bond motifs is 2. The van der Waals surface area contributed by atoms with Crippen molar-refractivity contribution in [1.29, 1.82) is 0 Å². The van der Waals surface area contributed by atoms with Gasteiger partial charge in [-0.25, -0.2) is 15.0 Å². The Labute approximate surface area is 157 Å². The Morgan fingerprint density at radius 2 is 2.04 bits per heavy atom. The number of aliphatic hydroxyl groups excluding tert-OH is 1. The normalized spacial score (nSPS) is 34.6. The van der Waals surface area contributed by atoms with E-state index in [0.29, 0.717) is 11.2 Å². The van der Waals surface area contributed by atoms with Crippen molar-refractivity contribution in [2.75, 3.05) is 12.3 Å². The SMILES string of the molecule is Nc1ncnc2c1ncn2[C@@H]1O[C@H](CO)[C@H]2OP(=O)([O-])O[C@H]21.O.[Na+]. The number of rotatable bonds is 2. The monoisotopic (exact) mass is 369 g/mol. The van der Waals surface area contributed by atoms with E-state index in [1.807, 2.05) is 0 Å². The summed E-state index contributed by atoms with van der Waals surface area (Å²) in [7, 11) is -4.41. The number of nitrogens with zero attached hydrogens (tertiary/aromatic N) is 4. The predicted molar refractivity (Wildman–Crippen MR) is 71.7 cm³/mol. The fraction of sp³-hybridized carbons (Fsp3) is 0.500. The van der Waals surface area contributed by atoms with Crippen molar-refractivity contribution in [3.05, 3.63) is 12.7 Å². The van der Waals surface area contributed by atoms with Gasteiger partial charge in [0, 0.05) is 0 Å². The largest absolute Gasteiger partial charge is 1.00 e. The summed E-state index contributed by atoms with van der Waals surface area (Å²) in [6, 6.07) is 0. The van der Waals surface area contributed by atoms with E-state index in [1.165, 1.54) is 17.2 Å². The van der Waals surface area contributed by atoms with Crippen LogP contribution in [-0.4, -0.2) is 55.0 Å². The summed E-state index contributed by atoms with van der Waals surface area (Å²) in [5, 5.41) is 9.33. The van der Waals surface area contributed by atoms with E-state index in [2.05, 4.69) is 15.0 Å². The number of nitrogens with two attached hydrogens (primary N) is 1. The van der Waals surface area contributed by atoms with E-state index >= 15 is 0 Å². The Morgan fingerprint density at radius 1 is 1.33 bits per heavy atom. The van der Waals surface area contributed by atoms with Crippen LogP contribution in [0.25, 0.3) is 11.2 Å². The molecule has 0 aromatic carbocycles. The van der Waals surface area contributed by atoms with Gasteiger partial charge in [0.1, 0.15) is 30.2 Å². The van der Waals surface area contributed by atoms with Crippen molar-refractivity contribution in [3.8, 4) is 0 Å². The number of phosphoric acid groups is 1. The van der Waals surface area contributed by atoms with Gasteiger partial charge in [0.25, 0.3) is 7.82 Å². The number of hydrogen-bond acceptors (Lipinski definition) is 10. The van der Waals surface area contributed by atoms with Crippen LogP contribution in [0.5, 0.6) is 0 Å². The molecule has 0 saturated carbocycles. The van der Waals surface area contributed by atoms with Crippen molar-refractivity contribution in [2.24, 2.45) is 0 Å². The number of imidazole rings is 1. The number of hydrogen-bond donors (Lipinski definition) is 2. The molecule has 2 aliphatic heterocycles. The minimum atomic E-state index is -4.41. The van der Waals surface area contributed by atoms with Gasteiger partial charge in [-0.15, -0.1) is 0 Å². The second-order valence-corrected chi connectivity index (χ2v) is 6.23. The third kappa shape index (κ3) is 2.99. The third-order valence-corrected chi connectivity index (χ3v) is 4.63. The summed E-state index contributed by atoms with van der Waals surface area (Å²) >= 11 is 0. The van der Waals surface area contributed by atoms with Crippen LogP contribution in [0.4, 0.5) is 5.82 Å². The zero-order chi connectivity index (χ0) is 15.5. The summed E-state index contributed by atoms with van der Waals surface area (Å²) in [6.45, 7) is -0.412. The van der Waals surface area contributed by atoms with Gasteiger partial charge < -0.3 is 35.0 Å². The van der Waals surface area contributed by atoms with Crippen LogP contribution in [0.2, 0.25) is 0 Å². The summed E-state index contributed by atoms with van der Waals surface area (Å²) in [5.74, 6) is 0.190. The van der Waals surface area contributed by atoms with E-state index in [1.54, 1.807) is 0 Å². The van der Waals surface area contributed by atoms with Crippen LogP contribution >= 0.6 is 7.82 Å². The van der Waals surface area contributed by atoms with Gasteiger partial charge in [0.15, 0.2) is 17.7 Å². The van der Waals surface area contributed by atoms with Gasteiger partial charge in [-0.1, -0.05) is 0 Å². The van der Waals surface area contributed by atoms with E-state index in [9.17, 15) is 14.6 Å². The summed E-state index contributed by atoms with van der Waals surface area (Å²) in [4.78, 5) is 23.5. The quantitative estimate of drug-likeness (QED) is 0.382. The molecule has 12 nitrogen and oxygen atoms in total. The summed E-state index contributed by atoms with van der Waals surface area (Å²) in [5.41, 5.74) is 6.44. The minimum absolute atomic E-state index is 0. The molecule has 14 heteroatoms. The number of anilines is 1. The van der Waals surface area contributed by atoms with Crippen LogP contribution in [0.1, 0.15) is 6.23 Å². The Morgan fingerprint density at radius 3 is 2.75 bits per heavy atom. The number of nitrogen functional groups attached to an aromatic ring is 1. The molecule has 0 amide bonds. The molecule has 1 unspecified atom stereocenters. The Hall–Kier alpha value is -0.660. The Balaban J connectivity index is 0.00000104. The van der Waals surface area contributed by atoms with Gasteiger partial charge in [-0.05, 0) is 0 Å². The molecule has 2 fully saturated rings. The second kappa shape index (κ2) is 6.92. The maximum absolute atomic E-state index is 11.5. The fourth-order valence-electron chi connectivity index (χ4n) is 2.70. The number of aliphatic hydroxyl groups is 1. The molecule has 2 aromatic rings. The molecular formula is C10H13N5NaO7P. The molecule has 0 spiro atoms. The van der Waals surface area contributed by atoms with Crippen molar-refractivity contribution >= 4 is 24.8 Å². The van der Waals surface area contributed by atoms with Gasteiger partial charge in [-0.3, -0.25) is 9.13 Å². The molecule has 0 bridgehead atoms. The van der Waals surface area contributed by atoms with Gasteiger partial charge in [0.05, 0.1) is 12.9 Å². The molecule has 2 aliphatic rings. The van der Waals surface area contributed by atoms with E-state index in [0.717, 1.165) is 0 Å². The number of aromatic nitrogens is 4. The molecule has 2 saturated heterocycles. The molecule has 0 aliphatic carbocycles. The van der Waals surface area contributed by atoms with E-state index in [4.69, 9.17) is 19.5 Å². The smallest absolute Gasteiger partial charge is 0.756 e. The van der Waals surface area contributed by atoms with Gasteiger partial charge in [0.2, 0.25) is 0 Å². The van der Waals surface area contributed by atoms with Crippen LogP contribution < -0.4 is 40.2 Å². The molecule has 0 radical (unpaired) electrons. The molecular weight excluding hydrogens is 356 g/mol. The summed E-state index contributed by atoms with van der Waals surface area (Å²) < 4.78 is 28.4.